The van der Waals surface area contributed by atoms with Gasteiger partial charge in [-0.15, -0.1) is 0 Å². The van der Waals surface area contributed by atoms with E-state index in [9.17, 15) is 18.0 Å². The van der Waals surface area contributed by atoms with Gasteiger partial charge in [0, 0.05) is 24.8 Å². The van der Waals surface area contributed by atoms with Crippen LogP contribution in [0, 0.1) is 6.92 Å². The summed E-state index contributed by atoms with van der Waals surface area (Å²) in [6, 6.07) is 16.5. The average molecular weight is 469 g/mol. The molecule has 0 aliphatic carbocycles. The standard InChI is InChI=1S/C24H28N4O4S/c1-5-27(6-2)33(31,32)21-14-12-19(13-15-21)18(4)25-24(30)23-22(29)16-17(3)28(26-23)20-10-8-7-9-11-20/h7-16,18H,5-6H2,1-4H3,(H,25,30)/t18-/m0/s1. The fraction of sp³-hybridized carbons (Fsp3) is 0.292. The van der Waals surface area contributed by atoms with Crippen LogP contribution in [0.1, 0.15) is 48.6 Å². The molecule has 1 heterocycles. The lowest BCUT2D eigenvalue weighted by Crippen LogP contribution is -2.33. The minimum absolute atomic E-state index is 0.194. The second-order valence-corrected chi connectivity index (χ2v) is 9.54. The molecule has 8 nitrogen and oxygen atoms in total. The maximum Gasteiger partial charge on any atom is 0.276 e. The molecule has 3 aromatic rings. The number of para-hydroxylation sites is 1. The number of aromatic nitrogens is 2. The van der Waals surface area contributed by atoms with Gasteiger partial charge in [0.05, 0.1) is 16.6 Å². The molecular formula is C24H28N4O4S. The number of hydrogen-bond donors (Lipinski definition) is 1. The zero-order valence-corrected chi connectivity index (χ0v) is 20.0. The van der Waals surface area contributed by atoms with Crippen molar-refractivity contribution in [3.05, 3.63) is 87.8 Å². The minimum atomic E-state index is -3.56. The van der Waals surface area contributed by atoms with Crippen LogP contribution in [0.15, 0.2) is 70.4 Å². The van der Waals surface area contributed by atoms with Gasteiger partial charge < -0.3 is 5.32 Å². The van der Waals surface area contributed by atoms with Gasteiger partial charge in [-0.25, -0.2) is 13.1 Å². The van der Waals surface area contributed by atoms with Crippen LogP contribution >= 0.6 is 0 Å². The number of nitrogens with one attached hydrogen (secondary N) is 1. The van der Waals surface area contributed by atoms with Crippen LogP contribution in [0.25, 0.3) is 5.69 Å². The Hall–Kier alpha value is -3.30. The van der Waals surface area contributed by atoms with Crippen molar-refractivity contribution in [1.82, 2.24) is 19.4 Å². The number of nitrogens with zero attached hydrogens (tertiary/aromatic N) is 3. The van der Waals surface area contributed by atoms with E-state index >= 15 is 0 Å². The van der Waals surface area contributed by atoms with E-state index in [0.717, 1.165) is 5.69 Å². The number of aryl methyl sites for hydroxylation is 1. The van der Waals surface area contributed by atoms with E-state index in [-0.39, 0.29) is 10.6 Å². The quantitative estimate of drug-likeness (QED) is 0.548. The molecule has 0 saturated carbocycles. The van der Waals surface area contributed by atoms with Crippen molar-refractivity contribution in [3.63, 3.8) is 0 Å². The summed E-state index contributed by atoms with van der Waals surface area (Å²) in [4.78, 5) is 25.5. The average Bonchev–Trinajstić information content (AvgIpc) is 2.80. The minimum Gasteiger partial charge on any atom is -0.344 e. The predicted molar refractivity (Wildman–Crippen MR) is 127 cm³/mol. The Bertz CT molecular complexity index is 1280. The molecule has 1 N–H and O–H groups in total. The lowest BCUT2D eigenvalue weighted by molar-refractivity contribution is 0.0931. The summed E-state index contributed by atoms with van der Waals surface area (Å²) in [6.45, 7) is 7.86. The fourth-order valence-electron chi connectivity index (χ4n) is 3.52. The van der Waals surface area contributed by atoms with Gasteiger partial charge in [0.2, 0.25) is 15.5 Å². The zero-order valence-electron chi connectivity index (χ0n) is 19.1. The van der Waals surface area contributed by atoms with Crippen molar-refractivity contribution in [2.24, 2.45) is 0 Å². The van der Waals surface area contributed by atoms with Crippen molar-refractivity contribution in [3.8, 4) is 5.69 Å². The summed E-state index contributed by atoms with van der Waals surface area (Å²) in [7, 11) is -3.56. The second kappa shape index (κ2) is 10.1. The predicted octanol–water partition coefficient (Wildman–Crippen LogP) is 3.06. The molecule has 0 bridgehead atoms. The lowest BCUT2D eigenvalue weighted by atomic mass is 10.1. The number of sulfonamides is 1. The number of rotatable bonds is 8. The highest BCUT2D eigenvalue weighted by Crippen LogP contribution is 2.19. The summed E-state index contributed by atoms with van der Waals surface area (Å²) in [5.74, 6) is -0.600. The van der Waals surface area contributed by atoms with Crippen LogP contribution in [0.5, 0.6) is 0 Å². The maximum atomic E-state index is 12.8. The molecule has 3 rings (SSSR count). The molecule has 0 aliphatic rings. The number of carbonyl (C=O) groups is 1. The van der Waals surface area contributed by atoms with E-state index in [1.54, 1.807) is 44.5 Å². The third-order valence-electron chi connectivity index (χ3n) is 5.39. The molecule has 1 atom stereocenters. The van der Waals surface area contributed by atoms with Crippen molar-refractivity contribution < 1.29 is 13.2 Å². The molecule has 9 heteroatoms. The Balaban J connectivity index is 1.82. The Morgan fingerprint density at radius 1 is 1.06 bits per heavy atom. The summed E-state index contributed by atoms with van der Waals surface area (Å²) in [6.07, 6.45) is 0. The Morgan fingerprint density at radius 2 is 1.67 bits per heavy atom. The molecule has 33 heavy (non-hydrogen) atoms. The molecule has 0 radical (unpaired) electrons. The second-order valence-electron chi connectivity index (χ2n) is 7.60. The van der Waals surface area contributed by atoms with Gasteiger partial charge in [-0.1, -0.05) is 44.2 Å². The topological polar surface area (TPSA) is 101 Å². The van der Waals surface area contributed by atoms with Crippen LogP contribution in [-0.2, 0) is 10.0 Å². The molecule has 0 saturated heterocycles. The van der Waals surface area contributed by atoms with Gasteiger partial charge in [0.15, 0.2) is 5.69 Å². The molecule has 2 aromatic carbocycles. The molecule has 0 unspecified atom stereocenters. The molecular weight excluding hydrogens is 440 g/mol. The number of carbonyl (C=O) groups excluding carboxylic acids is 1. The molecule has 0 spiro atoms. The Morgan fingerprint density at radius 3 is 2.24 bits per heavy atom. The van der Waals surface area contributed by atoms with Gasteiger partial charge in [0.1, 0.15) is 0 Å². The normalized spacial score (nSPS) is 12.5. The zero-order chi connectivity index (χ0) is 24.2. The van der Waals surface area contributed by atoms with Crippen LogP contribution in [-0.4, -0.2) is 41.5 Å². The molecule has 1 amide bonds. The first kappa shape index (κ1) is 24.3. The summed E-state index contributed by atoms with van der Waals surface area (Å²) in [5, 5.41) is 7.06. The third-order valence-corrected chi connectivity index (χ3v) is 7.46. The number of amides is 1. The fourth-order valence-corrected chi connectivity index (χ4v) is 4.98. The summed E-state index contributed by atoms with van der Waals surface area (Å²) >= 11 is 0. The molecule has 0 aliphatic heterocycles. The Labute approximate surface area is 193 Å². The van der Waals surface area contributed by atoms with Gasteiger partial charge in [-0.3, -0.25) is 9.59 Å². The first-order valence-electron chi connectivity index (χ1n) is 10.8. The van der Waals surface area contributed by atoms with E-state index in [0.29, 0.717) is 24.3 Å². The Kier molecular flexibility index (Phi) is 7.45. The van der Waals surface area contributed by atoms with Gasteiger partial charge in [-0.2, -0.15) is 9.40 Å². The number of benzene rings is 2. The van der Waals surface area contributed by atoms with Gasteiger partial charge in [0.25, 0.3) is 5.91 Å². The van der Waals surface area contributed by atoms with Crippen LogP contribution in [0.2, 0.25) is 0 Å². The lowest BCUT2D eigenvalue weighted by Gasteiger charge is -2.19. The molecule has 0 fully saturated rings. The summed E-state index contributed by atoms with van der Waals surface area (Å²) < 4.78 is 28.3. The van der Waals surface area contributed by atoms with Crippen LogP contribution < -0.4 is 10.7 Å². The highest BCUT2D eigenvalue weighted by atomic mass is 32.2. The van der Waals surface area contributed by atoms with Crippen molar-refractivity contribution >= 4 is 15.9 Å². The van der Waals surface area contributed by atoms with E-state index in [2.05, 4.69) is 10.4 Å². The summed E-state index contributed by atoms with van der Waals surface area (Å²) in [5.41, 5.74) is 1.38. The smallest absolute Gasteiger partial charge is 0.276 e. The molecule has 1 aromatic heterocycles. The van der Waals surface area contributed by atoms with Gasteiger partial charge >= 0.3 is 0 Å². The van der Waals surface area contributed by atoms with Crippen molar-refractivity contribution in [1.29, 1.82) is 0 Å². The first-order valence-corrected chi connectivity index (χ1v) is 12.2. The highest BCUT2D eigenvalue weighted by molar-refractivity contribution is 7.89. The third kappa shape index (κ3) is 5.20. The van der Waals surface area contributed by atoms with E-state index < -0.39 is 27.4 Å². The SMILES string of the molecule is CCN(CC)S(=O)(=O)c1ccc([C@H](C)NC(=O)c2nn(-c3ccccc3)c(C)cc2=O)cc1. The van der Waals surface area contributed by atoms with E-state index in [4.69, 9.17) is 0 Å². The largest absolute Gasteiger partial charge is 0.344 e. The maximum absolute atomic E-state index is 12.8. The van der Waals surface area contributed by atoms with Crippen molar-refractivity contribution in [2.75, 3.05) is 13.1 Å². The monoisotopic (exact) mass is 468 g/mol. The van der Waals surface area contributed by atoms with E-state index in [1.807, 2.05) is 30.3 Å². The first-order chi connectivity index (χ1) is 15.7. The van der Waals surface area contributed by atoms with Crippen LogP contribution in [0.3, 0.4) is 0 Å². The number of hydrogen-bond acceptors (Lipinski definition) is 5. The van der Waals surface area contributed by atoms with Crippen LogP contribution in [0.4, 0.5) is 0 Å². The van der Waals surface area contributed by atoms with Crippen molar-refractivity contribution in [2.45, 2.75) is 38.6 Å². The van der Waals surface area contributed by atoms with Gasteiger partial charge in [-0.05, 0) is 43.7 Å². The molecule has 174 valence electrons. The highest BCUT2D eigenvalue weighted by Gasteiger charge is 2.22. The van der Waals surface area contributed by atoms with E-state index in [1.165, 1.54) is 22.5 Å².